The molecule has 3 aliphatic heterocycles. The standard InChI is InChI=1S/C38H47NO13/c1-16-11-10-12-17(2)37(48)39-28-23(15-40)32(45)25-26(33(28)46)31(44)21(6)35-27(25)36(47)38(8,52-35)50-14-13-24(49-9)18(3)34(51-22(7)41)20(5)30(43)19(4)29(16)42/h10-14,16,18-20,24,29-30,34,40,42-44H,15H2,1-9H3,(H,39,48)/t16-,18-,19-,20-,24+,29-,30-,34+,38-/m0/s1. The van der Waals surface area contributed by atoms with Crippen LogP contribution in [0.3, 0.4) is 0 Å². The van der Waals surface area contributed by atoms with E-state index in [-0.39, 0.29) is 22.4 Å². The maximum atomic E-state index is 14.0. The summed E-state index contributed by atoms with van der Waals surface area (Å²) in [6.45, 7) is 11.1. The molecule has 14 nitrogen and oxygen atoms in total. The number of esters is 1. The van der Waals surface area contributed by atoms with Gasteiger partial charge in [0, 0.05) is 55.8 Å². The maximum Gasteiger partial charge on any atom is 0.312 e. The number of ketones is 3. The molecule has 5 bridgehead atoms. The van der Waals surface area contributed by atoms with Crippen LogP contribution in [-0.4, -0.2) is 93.6 Å². The number of allylic oxidation sites excluding steroid dienone is 3. The van der Waals surface area contributed by atoms with Crippen LogP contribution < -0.4 is 10.1 Å². The molecule has 1 aromatic carbocycles. The van der Waals surface area contributed by atoms with Gasteiger partial charge in [-0.05, 0) is 19.9 Å². The number of phenols is 1. The van der Waals surface area contributed by atoms with Gasteiger partial charge in [0.1, 0.15) is 17.6 Å². The van der Waals surface area contributed by atoms with Crippen molar-refractivity contribution in [1.82, 2.24) is 5.32 Å². The number of rotatable bonds is 3. The third-order valence-electron chi connectivity index (χ3n) is 10.2. The van der Waals surface area contributed by atoms with Gasteiger partial charge < -0.3 is 44.7 Å². The summed E-state index contributed by atoms with van der Waals surface area (Å²) < 4.78 is 23.1. The van der Waals surface area contributed by atoms with Crippen molar-refractivity contribution in [2.75, 3.05) is 13.7 Å². The molecule has 0 saturated carbocycles. The summed E-state index contributed by atoms with van der Waals surface area (Å²) in [6, 6.07) is 0. The summed E-state index contributed by atoms with van der Waals surface area (Å²) in [5, 5.41) is 46.4. The predicted molar refractivity (Wildman–Crippen MR) is 185 cm³/mol. The van der Waals surface area contributed by atoms with Gasteiger partial charge in [0.2, 0.25) is 5.78 Å². The number of carbonyl (C=O) groups excluding carboxylic acids is 5. The number of carbonyl (C=O) groups is 5. The van der Waals surface area contributed by atoms with Crippen LogP contribution in [0.5, 0.6) is 11.5 Å². The minimum Gasteiger partial charge on any atom is -0.507 e. The van der Waals surface area contributed by atoms with E-state index in [9.17, 15) is 44.4 Å². The molecule has 0 aromatic heterocycles. The second kappa shape index (κ2) is 15.5. The van der Waals surface area contributed by atoms with Crippen LogP contribution in [-0.2, 0) is 23.8 Å². The lowest BCUT2D eigenvalue weighted by Crippen LogP contribution is -2.46. The van der Waals surface area contributed by atoms with Crippen molar-refractivity contribution in [3.05, 3.63) is 69.7 Å². The van der Waals surface area contributed by atoms with Crippen LogP contribution in [0.4, 0.5) is 0 Å². The Morgan fingerprint density at radius 2 is 1.60 bits per heavy atom. The summed E-state index contributed by atoms with van der Waals surface area (Å²) in [6.07, 6.45) is 3.16. The number of aromatic hydroxyl groups is 1. The van der Waals surface area contributed by atoms with E-state index >= 15 is 0 Å². The number of hydrogen-bond acceptors (Lipinski definition) is 13. The Bertz CT molecular complexity index is 1790. The highest BCUT2D eigenvalue weighted by molar-refractivity contribution is 6.32. The number of methoxy groups -OCH3 is 1. The van der Waals surface area contributed by atoms with Crippen molar-refractivity contribution in [3.8, 4) is 11.5 Å². The van der Waals surface area contributed by atoms with Gasteiger partial charge in [0.05, 0.1) is 59.1 Å². The Balaban J connectivity index is 1.88. The highest BCUT2D eigenvalue weighted by Gasteiger charge is 2.52. The first-order valence-electron chi connectivity index (χ1n) is 17.0. The largest absolute Gasteiger partial charge is 0.507 e. The molecule has 5 rings (SSSR count). The number of aliphatic hydroxyl groups is 3. The third-order valence-corrected chi connectivity index (χ3v) is 10.2. The molecule has 14 heteroatoms. The van der Waals surface area contributed by atoms with Crippen LogP contribution in [0.1, 0.15) is 85.1 Å². The molecule has 0 spiro atoms. The van der Waals surface area contributed by atoms with Crippen molar-refractivity contribution in [2.45, 2.75) is 85.6 Å². The molecule has 3 heterocycles. The number of phenolic OH excluding ortho intramolecular Hbond substituents is 1. The van der Waals surface area contributed by atoms with Gasteiger partial charge in [-0.3, -0.25) is 24.0 Å². The average molecular weight is 726 g/mol. The summed E-state index contributed by atoms with van der Waals surface area (Å²) in [4.78, 5) is 67.3. The fourth-order valence-corrected chi connectivity index (χ4v) is 6.91. The number of ether oxygens (including phenoxy) is 4. The Kier molecular flexibility index (Phi) is 12.0. The van der Waals surface area contributed by atoms with Gasteiger partial charge >= 0.3 is 11.8 Å². The van der Waals surface area contributed by atoms with Crippen LogP contribution in [0, 0.1) is 30.6 Å². The fraction of sp³-hybridized carbons (Fsp3) is 0.500. The maximum absolute atomic E-state index is 14.0. The van der Waals surface area contributed by atoms with Gasteiger partial charge in [-0.1, -0.05) is 45.9 Å². The molecule has 1 amide bonds. The van der Waals surface area contributed by atoms with E-state index in [0.717, 1.165) is 6.26 Å². The second-order valence-corrected chi connectivity index (χ2v) is 13.8. The summed E-state index contributed by atoms with van der Waals surface area (Å²) in [5.74, 6) is -9.78. The molecule has 52 heavy (non-hydrogen) atoms. The van der Waals surface area contributed by atoms with E-state index in [4.69, 9.17) is 18.9 Å². The van der Waals surface area contributed by atoms with Gasteiger partial charge in [-0.25, -0.2) is 0 Å². The smallest absolute Gasteiger partial charge is 0.312 e. The number of nitrogens with one attached hydrogen (secondary N) is 1. The van der Waals surface area contributed by atoms with E-state index in [0.29, 0.717) is 0 Å². The third kappa shape index (κ3) is 7.20. The Morgan fingerprint density at radius 1 is 0.942 bits per heavy atom. The van der Waals surface area contributed by atoms with E-state index in [2.05, 4.69) is 5.32 Å². The molecule has 0 radical (unpaired) electrons. The number of amides is 1. The topological polar surface area (TPSA) is 215 Å². The van der Waals surface area contributed by atoms with Gasteiger partial charge in [-0.2, -0.15) is 0 Å². The first-order chi connectivity index (χ1) is 24.3. The lowest BCUT2D eigenvalue weighted by atomic mass is 9.78. The molecule has 4 aliphatic rings. The lowest BCUT2D eigenvalue weighted by molar-refractivity contribution is -0.160. The van der Waals surface area contributed by atoms with Crippen LogP contribution >= 0.6 is 0 Å². The SMILES string of the molecule is CO[C@@H]1C=CO[C@@]2(C)Oc3c(C)c(O)c4c(c3C2=O)C(=O)C(CO)=C(NC(=O)C(C)=CC=C[C@H](C)[C@H](O)[C@H](C)[C@H](O)[C@H](C)[C@H](OC(C)=O)[C@H]1C)C4=O. The Morgan fingerprint density at radius 3 is 2.19 bits per heavy atom. The highest BCUT2D eigenvalue weighted by atomic mass is 16.7. The van der Waals surface area contributed by atoms with Crippen molar-refractivity contribution in [1.29, 1.82) is 0 Å². The normalized spacial score (nSPS) is 31.6. The van der Waals surface area contributed by atoms with E-state index in [1.165, 1.54) is 53.0 Å². The van der Waals surface area contributed by atoms with E-state index < -0.39 is 118 Å². The zero-order valence-corrected chi connectivity index (χ0v) is 30.7. The lowest BCUT2D eigenvalue weighted by Gasteiger charge is -2.38. The van der Waals surface area contributed by atoms with E-state index in [1.54, 1.807) is 33.8 Å². The molecule has 9 atom stereocenters. The molecular weight excluding hydrogens is 678 g/mol. The summed E-state index contributed by atoms with van der Waals surface area (Å²) in [5.41, 5.74) is -2.42. The van der Waals surface area contributed by atoms with Gasteiger partial charge in [0.25, 0.3) is 11.7 Å². The molecule has 5 N–H and O–H groups in total. The average Bonchev–Trinajstić information content (AvgIpc) is 3.36. The zero-order valence-electron chi connectivity index (χ0n) is 30.7. The summed E-state index contributed by atoms with van der Waals surface area (Å²) in [7, 11) is 1.40. The first-order valence-corrected chi connectivity index (χ1v) is 17.0. The minimum absolute atomic E-state index is 0.0462. The molecule has 1 aromatic rings. The zero-order chi connectivity index (χ0) is 39.0. The molecule has 0 fully saturated rings. The number of aliphatic hydroxyl groups excluding tert-OH is 3. The molecule has 0 saturated heterocycles. The number of Topliss-reactive ketones (excluding diaryl/α,β-unsaturated/α-hetero) is 3. The van der Waals surface area contributed by atoms with E-state index in [1.807, 2.05) is 0 Å². The molecule has 282 valence electrons. The van der Waals surface area contributed by atoms with Gasteiger partial charge in [-0.15, -0.1) is 0 Å². The van der Waals surface area contributed by atoms with Crippen LogP contribution in [0.15, 0.2) is 47.4 Å². The first kappa shape index (κ1) is 40.1. The molecule has 0 unspecified atom stereocenters. The van der Waals surface area contributed by atoms with Crippen molar-refractivity contribution < 1.29 is 63.3 Å². The predicted octanol–water partition coefficient (Wildman–Crippen LogP) is 2.99. The second-order valence-electron chi connectivity index (χ2n) is 13.8. The highest BCUT2D eigenvalue weighted by Crippen LogP contribution is 2.48. The number of benzene rings is 1. The minimum atomic E-state index is -2.10. The van der Waals surface area contributed by atoms with Crippen molar-refractivity contribution in [3.63, 3.8) is 0 Å². The van der Waals surface area contributed by atoms with Gasteiger partial charge in [0.15, 0.2) is 5.78 Å². The Hall–Kier alpha value is -4.63. The van der Waals surface area contributed by atoms with Crippen molar-refractivity contribution in [2.24, 2.45) is 23.7 Å². The monoisotopic (exact) mass is 725 g/mol. The number of fused-ring (bicyclic) bond motifs is 14. The van der Waals surface area contributed by atoms with Crippen molar-refractivity contribution >= 4 is 29.2 Å². The fourth-order valence-electron chi connectivity index (χ4n) is 6.91. The van der Waals surface area contributed by atoms with Crippen LogP contribution in [0.25, 0.3) is 0 Å². The molecular formula is C38H47NO13. The van der Waals surface area contributed by atoms with Crippen LogP contribution in [0.2, 0.25) is 0 Å². The Labute approximate surface area is 301 Å². The number of hydrogen-bond donors (Lipinski definition) is 5. The molecule has 1 aliphatic carbocycles. The quantitative estimate of drug-likeness (QED) is 0.284. The summed E-state index contributed by atoms with van der Waals surface area (Å²) >= 11 is 0.